The predicted molar refractivity (Wildman–Crippen MR) is 279 cm³/mol. The quantitative estimate of drug-likeness (QED) is 0.0243. The van der Waals surface area contributed by atoms with Crippen LogP contribution in [0.1, 0.15) is 214 Å². The normalized spacial score (nSPS) is 10.9. The summed E-state index contributed by atoms with van der Waals surface area (Å²) in [6.45, 7) is 5.82. The SMILES string of the molecule is CCCCCCCCCCCCCCOc1ccc(C(=O)Oc2ccc(OC(=O)CCCCC(=O)Oc3ccc(OC(=O)c4ccc(OCCCCCCCCCCCCCC)cc4)cc3)cc2)cc1. The molecular formula is C60H82O10. The standard InChI is InChI=1S/C60H82O10/c1-3-5-7-9-11-13-15-17-19-21-23-27-47-65-51-35-31-49(32-36-51)59(63)69-55-43-39-53(40-44-55)67-57(61)29-25-26-30-58(62)68-54-41-45-56(46-42-54)70-60(64)50-33-37-52(38-34-50)66-48-28-24-22-20-18-16-14-12-10-8-6-4-2/h31-46H,3-30,47-48H2,1-2H3. The minimum absolute atomic E-state index is 0.109. The molecule has 0 saturated carbocycles. The Bertz CT molecular complexity index is 1860. The Kier molecular flexibility index (Phi) is 29.5. The molecule has 0 bridgehead atoms. The maximum atomic E-state index is 12.7. The zero-order chi connectivity index (χ0) is 49.7. The van der Waals surface area contributed by atoms with E-state index in [2.05, 4.69) is 13.8 Å². The number of carbonyl (C=O) groups excluding carboxylic acids is 4. The van der Waals surface area contributed by atoms with Gasteiger partial charge in [0.2, 0.25) is 0 Å². The Morgan fingerprint density at radius 3 is 0.814 bits per heavy atom. The van der Waals surface area contributed by atoms with Gasteiger partial charge in [-0.25, -0.2) is 9.59 Å². The van der Waals surface area contributed by atoms with E-state index >= 15 is 0 Å². The van der Waals surface area contributed by atoms with Crippen LogP contribution in [0.2, 0.25) is 0 Å². The van der Waals surface area contributed by atoms with Crippen LogP contribution in [0.5, 0.6) is 34.5 Å². The minimum Gasteiger partial charge on any atom is -0.494 e. The second kappa shape index (κ2) is 36.3. The van der Waals surface area contributed by atoms with Crippen molar-refractivity contribution in [3.05, 3.63) is 108 Å². The Morgan fingerprint density at radius 1 is 0.286 bits per heavy atom. The molecule has 0 N–H and O–H groups in total. The van der Waals surface area contributed by atoms with Crippen molar-refractivity contribution in [2.75, 3.05) is 13.2 Å². The van der Waals surface area contributed by atoms with Crippen LogP contribution in [0.25, 0.3) is 0 Å². The van der Waals surface area contributed by atoms with E-state index in [0.29, 0.717) is 60.2 Å². The summed E-state index contributed by atoms with van der Waals surface area (Å²) in [7, 11) is 0. The number of esters is 4. The van der Waals surface area contributed by atoms with E-state index in [0.717, 1.165) is 37.2 Å². The molecule has 382 valence electrons. The third kappa shape index (κ3) is 25.8. The van der Waals surface area contributed by atoms with E-state index in [1.807, 2.05) is 0 Å². The fourth-order valence-corrected chi connectivity index (χ4v) is 8.03. The zero-order valence-electron chi connectivity index (χ0n) is 42.5. The molecule has 0 unspecified atom stereocenters. The van der Waals surface area contributed by atoms with Gasteiger partial charge in [0.05, 0.1) is 24.3 Å². The van der Waals surface area contributed by atoms with Crippen molar-refractivity contribution in [2.45, 2.75) is 194 Å². The summed E-state index contributed by atoms with van der Waals surface area (Å²) in [4.78, 5) is 50.4. The molecule has 0 aliphatic heterocycles. The molecule has 0 saturated heterocycles. The van der Waals surface area contributed by atoms with Gasteiger partial charge in [-0.3, -0.25) is 9.59 Å². The molecule has 0 fully saturated rings. The molecule has 0 radical (unpaired) electrons. The maximum Gasteiger partial charge on any atom is 0.343 e. The average Bonchev–Trinajstić information content (AvgIpc) is 3.37. The van der Waals surface area contributed by atoms with Crippen LogP contribution in [-0.4, -0.2) is 37.1 Å². The first-order chi connectivity index (χ1) is 34.3. The van der Waals surface area contributed by atoms with E-state index in [1.54, 1.807) is 97.1 Å². The highest BCUT2D eigenvalue weighted by Crippen LogP contribution is 2.23. The molecule has 10 heteroatoms. The van der Waals surface area contributed by atoms with E-state index in [-0.39, 0.29) is 12.8 Å². The molecule has 4 aromatic rings. The van der Waals surface area contributed by atoms with Crippen molar-refractivity contribution >= 4 is 23.9 Å². The molecule has 0 aromatic heterocycles. The highest BCUT2D eigenvalue weighted by atomic mass is 16.5. The molecule has 4 rings (SSSR count). The third-order valence-corrected chi connectivity index (χ3v) is 12.3. The summed E-state index contributed by atoms with van der Waals surface area (Å²) in [6, 6.07) is 26.3. The monoisotopic (exact) mass is 963 g/mol. The summed E-state index contributed by atoms with van der Waals surface area (Å²) in [5.74, 6) is 0.810. The lowest BCUT2D eigenvalue weighted by atomic mass is 10.1. The van der Waals surface area contributed by atoms with Crippen molar-refractivity contribution in [3.63, 3.8) is 0 Å². The molecule has 0 spiro atoms. The Morgan fingerprint density at radius 2 is 0.529 bits per heavy atom. The van der Waals surface area contributed by atoms with Gasteiger partial charge in [0.15, 0.2) is 0 Å². The first kappa shape index (κ1) is 56.9. The van der Waals surface area contributed by atoms with Gasteiger partial charge in [0.25, 0.3) is 0 Å². The maximum absolute atomic E-state index is 12.7. The number of benzene rings is 4. The van der Waals surface area contributed by atoms with Gasteiger partial charge in [-0.05, 0) is 123 Å². The van der Waals surface area contributed by atoms with Crippen LogP contribution in [0.4, 0.5) is 0 Å². The number of ether oxygens (including phenoxy) is 6. The number of hydrogen-bond acceptors (Lipinski definition) is 10. The summed E-state index contributed by atoms with van der Waals surface area (Å²) in [5, 5.41) is 0. The summed E-state index contributed by atoms with van der Waals surface area (Å²) >= 11 is 0. The highest BCUT2D eigenvalue weighted by molar-refractivity contribution is 5.91. The van der Waals surface area contributed by atoms with Crippen LogP contribution in [0.3, 0.4) is 0 Å². The lowest BCUT2D eigenvalue weighted by Crippen LogP contribution is -2.11. The van der Waals surface area contributed by atoms with E-state index in [9.17, 15) is 19.2 Å². The topological polar surface area (TPSA) is 124 Å². The van der Waals surface area contributed by atoms with Crippen molar-refractivity contribution in [3.8, 4) is 34.5 Å². The number of unbranched alkanes of at least 4 members (excludes halogenated alkanes) is 23. The van der Waals surface area contributed by atoms with Crippen LogP contribution >= 0.6 is 0 Å². The van der Waals surface area contributed by atoms with Crippen molar-refractivity contribution in [1.82, 2.24) is 0 Å². The molecule has 10 nitrogen and oxygen atoms in total. The molecule has 0 aliphatic carbocycles. The molecule has 4 aromatic carbocycles. The van der Waals surface area contributed by atoms with Gasteiger partial charge < -0.3 is 28.4 Å². The van der Waals surface area contributed by atoms with Crippen molar-refractivity contribution in [2.24, 2.45) is 0 Å². The Hall–Kier alpha value is -5.64. The third-order valence-electron chi connectivity index (χ3n) is 12.3. The second-order valence-corrected chi connectivity index (χ2v) is 18.4. The van der Waals surface area contributed by atoms with Crippen LogP contribution in [0.15, 0.2) is 97.1 Å². The van der Waals surface area contributed by atoms with Crippen molar-refractivity contribution < 1.29 is 47.6 Å². The largest absolute Gasteiger partial charge is 0.494 e. The van der Waals surface area contributed by atoms with Gasteiger partial charge >= 0.3 is 23.9 Å². The van der Waals surface area contributed by atoms with Crippen molar-refractivity contribution in [1.29, 1.82) is 0 Å². The number of hydrogen-bond donors (Lipinski definition) is 0. The fraction of sp³-hybridized carbons (Fsp3) is 0.533. The van der Waals surface area contributed by atoms with Gasteiger partial charge in [0, 0.05) is 12.8 Å². The number of rotatable bonds is 39. The van der Waals surface area contributed by atoms with E-state index < -0.39 is 23.9 Å². The zero-order valence-corrected chi connectivity index (χ0v) is 42.5. The Balaban J connectivity index is 0.999. The Labute approximate surface area is 419 Å². The summed E-state index contributed by atoms with van der Waals surface area (Å²) in [6.07, 6.45) is 32.2. The molecule has 0 aliphatic rings. The molecule has 0 amide bonds. The predicted octanol–water partition coefficient (Wildman–Crippen LogP) is 16.4. The van der Waals surface area contributed by atoms with E-state index in [1.165, 1.54) is 128 Å². The molecule has 0 atom stereocenters. The van der Waals surface area contributed by atoms with Gasteiger partial charge in [0.1, 0.15) is 34.5 Å². The van der Waals surface area contributed by atoms with Gasteiger partial charge in [-0.15, -0.1) is 0 Å². The number of carbonyl (C=O) groups is 4. The molecular weight excluding hydrogens is 881 g/mol. The van der Waals surface area contributed by atoms with Crippen LogP contribution in [-0.2, 0) is 9.59 Å². The van der Waals surface area contributed by atoms with Gasteiger partial charge in [-0.1, -0.05) is 155 Å². The summed E-state index contributed by atoms with van der Waals surface area (Å²) < 4.78 is 33.6. The first-order valence-electron chi connectivity index (χ1n) is 26.8. The smallest absolute Gasteiger partial charge is 0.343 e. The van der Waals surface area contributed by atoms with Gasteiger partial charge in [-0.2, -0.15) is 0 Å². The van der Waals surface area contributed by atoms with Crippen LogP contribution in [0, 0.1) is 0 Å². The fourth-order valence-electron chi connectivity index (χ4n) is 8.03. The molecule has 0 heterocycles. The lowest BCUT2D eigenvalue weighted by molar-refractivity contribution is -0.136. The highest BCUT2D eigenvalue weighted by Gasteiger charge is 2.13. The first-order valence-corrected chi connectivity index (χ1v) is 26.8. The van der Waals surface area contributed by atoms with E-state index in [4.69, 9.17) is 28.4 Å². The average molecular weight is 963 g/mol. The lowest BCUT2D eigenvalue weighted by Gasteiger charge is -2.09. The second-order valence-electron chi connectivity index (χ2n) is 18.4. The summed E-state index contributed by atoms with van der Waals surface area (Å²) in [5.41, 5.74) is 0.799. The van der Waals surface area contributed by atoms with Crippen LogP contribution < -0.4 is 28.4 Å². The minimum atomic E-state index is -0.503. The molecule has 70 heavy (non-hydrogen) atoms.